The first kappa shape index (κ1) is 21.0. The maximum atomic E-state index is 12.1. The van der Waals surface area contributed by atoms with Gasteiger partial charge in [0.25, 0.3) is 0 Å². The summed E-state index contributed by atoms with van der Waals surface area (Å²) in [5, 5.41) is 0. The Kier molecular flexibility index (Phi) is 6.26. The molecule has 1 unspecified atom stereocenters. The van der Waals surface area contributed by atoms with E-state index in [1.54, 1.807) is 14.0 Å². The molecule has 1 aliphatic rings. The minimum Gasteiger partial charge on any atom is -0.493 e. The van der Waals surface area contributed by atoms with Gasteiger partial charge in [0, 0.05) is 13.5 Å². The molecule has 0 saturated carbocycles. The minimum absolute atomic E-state index is 0.0117. The number of hydrogen-bond donors (Lipinski definition) is 0. The number of amides is 1. The SMILES string of the molecule is C=CCc1ccc(OCCn2c(C3CCCN3C(C)=O)nc3ccccc32)c(OC)c1. The monoisotopic (exact) mass is 419 g/mol. The van der Waals surface area contributed by atoms with Crippen LogP contribution in [0, 0.1) is 0 Å². The summed E-state index contributed by atoms with van der Waals surface area (Å²) in [5.74, 6) is 2.47. The summed E-state index contributed by atoms with van der Waals surface area (Å²) in [6.45, 7) is 7.31. The summed E-state index contributed by atoms with van der Waals surface area (Å²) < 4.78 is 13.8. The van der Waals surface area contributed by atoms with Crippen molar-refractivity contribution >= 4 is 16.9 Å². The number of likely N-dealkylation sites (tertiary alicyclic amines) is 1. The second-order valence-corrected chi connectivity index (χ2v) is 7.81. The van der Waals surface area contributed by atoms with Crippen LogP contribution in [0.5, 0.6) is 11.5 Å². The number of para-hydroxylation sites is 2. The molecule has 0 spiro atoms. The Morgan fingerprint density at radius 1 is 1.26 bits per heavy atom. The lowest BCUT2D eigenvalue weighted by Crippen LogP contribution is -2.30. The van der Waals surface area contributed by atoms with Gasteiger partial charge in [-0.1, -0.05) is 24.3 Å². The smallest absolute Gasteiger partial charge is 0.220 e. The molecular formula is C25H29N3O3. The Morgan fingerprint density at radius 3 is 2.87 bits per heavy atom. The van der Waals surface area contributed by atoms with E-state index in [1.807, 2.05) is 47.4 Å². The van der Waals surface area contributed by atoms with Crippen LogP contribution in [0.1, 0.15) is 37.2 Å². The number of benzene rings is 2. The first-order chi connectivity index (χ1) is 15.1. The molecule has 2 heterocycles. The standard InChI is InChI=1S/C25H29N3O3/c1-4-8-19-12-13-23(24(17-19)30-3)31-16-15-28-21-10-6-5-9-20(21)26-25(28)22-11-7-14-27(22)18(2)29/h4-6,9-10,12-13,17,22H,1,7-8,11,14-16H2,2-3H3. The molecule has 1 atom stereocenters. The molecule has 31 heavy (non-hydrogen) atoms. The van der Waals surface area contributed by atoms with Crippen LogP contribution >= 0.6 is 0 Å². The first-order valence-corrected chi connectivity index (χ1v) is 10.8. The van der Waals surface area contributed by atoms with E-state index < -0.39 is 0 Å². The van der Waals surface area contributed by atoms with Crippen LogP contribution in [0.15, 0.2) is 55.1 Å². The summed E-state index contributed by atoms with van der Waals surface area (Å²) in [7, 11) is 1.65. The molecule has 1 amide bonds. The van der Waals surface area contributed by atoms with Gasteiger partial charge in [-0.15, -0.1) is 6.58 Å². The third-order valence-corrected chi connectivity index (χ3v) is 5.82. The van der Waals surface area contributed by atoms with E-state index in [0.717, 1.165) is 48.2 Å². The third kappa shape index (κ3) is 4.29. The summed E-state index contributed by atoms with van der Waals surface area (Å²) >= 11 is 0. The predicted molar refractivity (Wildman–Crippen MR) is 121 cm³/mol. The van der Waals surface area contributed by atoms with Gasteiger partial charge in [-0.3, -0.25) is 4.79 Å². The maximum absolute atomic E-state index is 12.1. The number of fused-ring (bicyclic) bond motifs is 1. The number of rotatable bonds is 8. The summed E-state index contributed by atoms with van der Waals surface area (Å²) in [6, 6.07) is 14.1. The zero-order valence-corrected chi connectivity index (χ0v) is 18.2. The average Bonchev–Trinajstić information content (AvgIpc) is 3.40. The second kappa shape index (κ2) is 9.25. The summed E-state index contributed by atoms with van der Waals surface area (Å²) in [6.07, 6.45) is 4.59. The zero-order chi connectivity index (χ0) is 21.8. The molecule has 162 valence electrons. The number of imidazole rings is 1. The van der Waals surface area contributed by atoms with Crippen molar-refractivity contribution in [3.05, 3.63) is 66.5 Å². The number of nitrogens with zero attached hydrogens (tertiary/aromatic N) is 3. The fourth-order valence-corrected chi connectivity index (χ4v) is 4.37. The molecule has 2 aromatic carbocycles. The third-order valence-electron chi connectivity index (χ3n) is 5.82. The van der Waals surface area contributed by atoms with Gasteiger partial charge in [0.05, 0.1) is 30.7 Å². The van der Waals surface area contributed by atoms with Gasteiger partial charge in [-0.2, -0.15) is 0 Å². The van der Waals surface area contributed by atoms with E-state index in [-0.39, 0.29) is 11.9 Å². The largest absolute Gasteiger partial charge is 0.493 e. The van der Waals surface area contributed by atoms with Crippen molar-refractivity contribution in [2.24, 2.45) is 0 Å². The number of methoxy groups -OCH3 is 1. The highest BCUT2D eigenvalue weighted by atomic mass is 16.5. The number of carbonyl (C=O) groups excluding carboxylic acids is 1. The molecule has 1 aliphatic heterocycles. The van der Waals surface area contributed by atoms with Gasteiger partial charge in [-0.25, -0.2) is 4.98 Å². The maximum Gasteiger partial charge on any atom is 0.220 e. The summed E-state index contributed by atoms with van der Waals surface area (Å²) in [5.41, 5.74) is 3.14. The van der Waals surface area contributed by atoms with Crippen LogP contribution in [0.4, 0.5) is 0 Å². The Bertz CT molecular complexity index is 1090. The van der Waals surface area contributed by atoms with Crippen molar-refractivity contribution in [1.29, 1.82) is 0 Å². The van der Waals surface area contributed by atoms with Gasteiger partial charge in [0.2, 0.25) is 5.91 Å². The Hall–Kier alpha value is -3.28. The average molecular weight is 420 g/mol. The molecular weight excluding hydrogens is 390 g/mol. The van der Waals surface area contributed by atoms with E-state index in [0.29, 0.717) is 24.7 Å². The molecule has 0 bridgehead atoms. The van der Waals surface area contributed by atoms with Crippen molar-refractivity contribution in [3.63, 3.8) is 0 Å². The zero-order valence-electron chi connectivity index (χ0n) is 18.2. The van der Waals surface area contributed by atoms with Crippen LogP contribution in [-0.4, -0.2) is 40.6 Å². The fourth-order valence-electron chi connectivity index (χ4n) is 4.37. The van der Waals surface area contributed by atoms with Crippen LogP contribution in [0.25, 0.3) is 11.0 Å². The lowest BCUT2D eigenvalue weighted by atomic mass is 10.1. The predicted octanol–water partition coefficient (Wildman–Crippen LogP) is 4.54. The molecule has 4 rings (SSSR count). The first-order valence-electron chi connectivity index (χ1n) is 10.8. The van der Waals surface area contributed by atoms with E-state index in [9.17, 15) is 4.79 Å². The van der Waals surface area contributed by atoms with Crippen molar-refractivity contribution < 1.29 is 14.3 Å². The highest BCUT2D eigenvalue weighted by molar-refractivity contribution is 5.77. The van der Waals surface area contributed by atoms with Crippen LogP contribution in [-0.2, 0) is 17.8 Å². The summed E-state index contributed by atoms with van der Waals surface area (Å²) in [4.78, 5) is 19.0. The van der Waals surface area contributed by atoms with Gasteiger partial charge in [-0.05, 0) is 49.1 Å². The van der Waals surface area contributed by atoms with Gasteiger partial charge in [0.1, 0.15) is 12.4 Å². The number of ether oxygens (including phenoxy) is 2. The van der Waals surface area contributed by atoms with Crippen molar-refractivity contribution in [1.82, 2.24) is 14.5 Å². The van der Waals surface area contributed by atoms with Crippen molar-refractivity contribution in [2.45, 2.75) is 38.8 Å². The highest BCUT2D eigenvalue weighted by Gasteiger charge is 2.32. The van der Waals surface area contributed by atoms with Crippen LogP contribution in [0.2, 0.25) is 0 Å². The molecule has 6 nitrogen and oxygen atoms in total. The lowest BCUT2D eigenvalue weighted by molar-refractivity contribution is -0.129. The minimum atomic E-state index is 0.0117. The Labute approximate surface area is 183 Å². The fraction of sp³-hybridized carbons (Fsp3) is 0.360. The number of allylic oxidation sites excluding steroid dienone is 1. The molecule has 6 heteroatoms. The Balaban J connectivity index is 1.57. The number of aromatic nitrogens is 2. The lowest BCUT2D eigenvalue weighted by Gasteiger charge is -2.24. The van der Waals surface area contributed by atoms with E-state index in [2.05, 4.69) is 17.2 Å². The number of hydrogen-bond acceptors (Lipinski definition) is 4. The van der Waals surface area contributed by atoms with Crippen molar-refractivity contribution in [2.75, 3.05) is 20.3 Å². The van der Waals surface area contributed by atoms with Gasteiger partial charge >= 0.3 is 0 Å². The van der Waals surface area contributed by atoms with E-state index in [1.165, 1.54) is 0 Å². The highest BCUT2D eigenvalue weighted by Crippen LogP contribution is 2.34. The van der Waals surface area contributed by atoms with Crippen LogP contribution in [0.3, 0.4) is 0 Å². The molecule has 0 radical (unpaired) electrons. The quantitative estimate of drug-likeness (QED) is 0.503. The molecule has 1 aromatic heterocycles. The van der Waals surface area contributed by atoms with E-state index >= 15 is 0 Å². The molecule has 3 aromatic rings. The van der Waals surface area contributed by atoms with Crippen LogP contribution < -0.4 is 9.47 Å². The normalized spacial score (nSPS) is 15.9. The van der Waals surface area contributed by atoms with Gasteiger partial charge < -0.3 is 18.9 Å². The molecule has 0 N–H and O–H groups in total. The molecule has 1 saturated heterocycles. The van der Waals surface area contributed by atoms with Gasteiger partial charge in [0.15, 0.2) is 11.5 Å². The number of carbonyl (C=O) groups is 1. The topological polar surface area (TPSA) is 56.6 Å². The van der Waals surface area contributed by atoms with Crippen molar-refractivity contribution in [3.8, 4) is 11.5 Å². The second-order valence-electron chi connectivity index (χ2n) is 7.81. The molecule has 1 fully saturated rings. The Morgan fingerprint density at radius 2 is 2.10 bits per heavy atom. The molecule has 0 aliphatic carbocycles. The van der Waals surface area contributed by atoms with E-state index in [4.69, 9.17) is 14.5 Å².